The first-order valence-corrected chi connectivity index (χ1v) is 6.81. The highest BCUT2D eigenvalue weighted by Gasteiger charge is 2.19. The van der Waals surface area contributed by atoms with Crippen LogP contribution in [0.3, 0.4) is 0 Å². The van der Waals surface area contributed by atoms with Gasteiger partial charge in [0, 0.05) is 24.7 Å². The summed E-state index contributed by atoms with van der Waals surface area (Å²) in [5.41, 5.74) is 5.37. The molecule has 0 aliphatic carbocycles. The van der Waals surface area contributed by atoms with Gasteiger partial charge in [0.1, 0.15) is 5.75 Å². The van der Waals surface area contributed by atoms with E-state index in [1.54, 1.807) is 7.11 Å². The lowest BCUT2D eigenvalue weighted by molar-refractivity contribution is 0.415. The smallest absolute Gasteiger partial charge is 0.119 e. The minimum absolute atomic E-state index is 0.499. The second kappa shape index (κ2) is 5.25. The van der Waals surface area contributed by atoms with E-state index < -0.39 is 0 Å². The Bertz CT molecular complexity index is 597. The molecule has 0 bridgehead atoms. The van der Waals surface area contributed by atoms with E-state index >= 15 is 0 Å². The van der Waals surface area contributed by atoms with Gasteiger partial charge in [0.05, 0.1) is 12.6 Å². The van der Waals surface area contributed by atoms with Crippen LogP contribution in [0.25, 0.3) is 10.9 Å². The molecule has 0 saturated heterocycles. The molecule has 0 spiro atoms. The summed E-state index contributed by atoms with van der Waals surface area (Å²) < 4.78 is 7.74. The van der Waals surface area contributed by atoms with E-state index in [0.717, 1.165) is 12.3 Å². The molecule has 0 radical (unpaired) electrons. The highest BCUT2D eigenvalue weighted by molar-refractivity contribution is 5.90. The van der Waals surface area contributed by atoms with E-state index in [-0.39, 0.29) is 0 Å². The molecule has 3 heteroatoms. The zero-order valence-corrected chi connectivity index (χ0v) is 12.8. The monoisotopic (exact) mass is 260 g/mol. The molecule has 1 aromatic carbocycles. The molecule has 19 heavy (non-hydrogen) atoms. The van der Waals surface area contributed by atoms with Crippen molar-refractivity contribution in [1.29, 1.82) is 0 Å². The van der Waals surface area contributed by atoms with Crippen molar-refractivity contribution in [2.75, 3.05) is 14.2 Å². The van der Waals surface area contributed by atoms with Crippen LogP contribution >= 0.6 is 0 Å². The van der Waals surface area contributed by atoms with Crippen molar-refractivity contribution in [2.24, 2.45) is 7.05 Å². The molecule has 0 aliphatic rings. The van der Waals surface area contributed by atoms with Crippen molar-refractivity contribution in [3.05, 3.63) is 29.0 Å². The number of ether oxygens (including phenoxy) is 1. The molecule has 3 nitrogen and oxygen atoms in total. The van der Waals surface area contributed by atoms with Gasteiger partial charge in [-0.05, 0) is 43.1 Å². The first kappa shape index (κ1) is 13.9. The summed E-state index contributed by atoms with van der Waals surface area (Å²) in [7, 11) is 5.88. The van der Waals surface area contributed by atoms with Crippen molar-refractivity contribution in [3.63, 3.8) is 0 Å². The Kier molecular flexibility index (Phi) is 3.85. The second-order valence-corrected chi connectivity index (χ2v) is 5.44. The third-order valence-corrected chi connectivity index (χ3v) is 3.77. The lowest BCUT2D eigenvalue weighted by Gasteiger charge is -2.10. The van der Waals surface area contributed by atoms with Gasteiger partial charge in [-0.3, -0.25) is 0 Å². The van der Waals surface area contributed by atoms with E-state index in [1.807, 2.05) is 7.05 Å². The van der Waals surface area contributed by atoms with Crippen LogP contribution < -0.4 is 10.1 Å². The Morgan fingerprint density at radius 2 is 2.00 bits per heavy atom. The van der Waals surface area contributed by atoms with Crippen LogP contribution in [0.15, 0.2) is 12.1 Å². The molecule has 1 N–H and O–H groups in total. The molecule has 0 unspecified atom stereocenters. The van der Waals surface area contributed by atoms with E-state index in [1.165, 1.54) is 27.7 Å². The average molecular weight is 260 g/mol. The molecule has 1 aromatic heterocycles. The summed E-state index contributed by atoms with van der Waals surface area (Å²) in [5, 5.41) is 4.60. The maximum Gasteiger partial charge on any atom is 0.119 e. The first-order valence-electron chi connectivity index (χ1n) is 6.81. The van der Waals surface area contributed by atoms with Crippen molar-refractivity contribution < 1.29 is 4.74 Å². The number of hydrogen-bond acceptors (Lipinski definition) is 2. The SMILES string of the molecule is CNCc1c(C(C)C)c2cc(OC)cc(C)c2n1C. The molecular formula is C16H24N2O. The van der Waals surface area contributed by atoms with Crippen LogP contribution in [-0.4, -0.2) is 18.7 Å². The number of methoxy groups -OCH3 is 1. The molecule has 0 saturated carbocycles. The summed E-state index contributed by atoms with van der Waals surface area (Å²) in [6, 6.07) is 4.27. The zero-order chi connectivity index (χ0) is 14.2. The van der Waals surface area contributed by atoms with Gasteiger partial charge in [-0.1, -0.05) is 13.8 Å². The first-order chi connectivity index (χ1) is 9.01. The standard InChI is InChI=1S/C16H24N2O/c1-10(2)15-13-8-12(19-6)7-11(3)16(13)18(5)14(15)9-17-4/h7-8,10,17H,9H2,1-6H3. The molecule has 2 rings (SSSR count). The summed E-state index contributed by atoms with van der Waals surface area (Å²) >= 11 is 0. The highest BCUT2D eigenvalue weighted by atomic mass is 16.5. The Morgan fingerprint density at radius 3 is 2.53 bits per heavy atom. The topological polar surface area (TPSA) is 26.2 Å². The number of benzene rings is 1. The van der Waals surface area contributed by atoms with Gasteiger partial charge >= 0.3 is 0 Å². The van der Waals surface area contributed by atoms with Gasteiger partial charge in [-0.25, -0.2) is 0 Å². The predicted molar refractivity (Wildman–Crippen MR) is 81.1 cm³/mol. The molecule has 104 valence electrons. The number of rotatable bonds is 4. The Labute approximate surface area is 115 Å². The lowest BCUT2D eigenvalue weighted by Crippen LogP contribution is -2.11. The van der Waals surface area contributed by atoms with Gasteiger partial charge in [-0.15, -0.1) is 0 Å². The summed E-state index contributed by atoms with van der Waals surface area (Å²) in [6.45, 7) is 7.55. The summed E-state index contributed by atoms with van der Waals surface area (Å²) in [4.78, 5) is 0. The molecule has 1 heterocycles. The predicted octanol–water partition coefficient (Wildman–Crippen LogP) is 3.34. The summed E-state index contributed by atoms with van der Waals surface area (Å²) in [5.74, 6) is 1.44. The Hall–Kier alpha value is -1.48. The molecule has 0 amide bonds. The molecule has 0 aliphatic heterocycles. The number of hydrogen-bond donors (Lipinski definition) is 1. The zero-order valence-electron chi connectivity index (χ0n) is 12.8. The third-order valence-electron chi connectivity index (χ3n) is 3.77. The fourth-order valence-corrected chi connectivity index (χ4v) is 3.01. The van der Waals surface area contributed by atoms with Gasteiger partial charge in [0.25, 0.3) is 0 Å². The van der Waals surface area contributed by atoms with Crippen LogP contribution in [0.2, 0.25) is 0 Å². The van der Waals surface area contributed by atoms with Gasteiger partial charge in [0.2, 0.25) is 0 Å². The van der Waals surface area contributed by atoms with E-state index in [0.29, 0.717) is 5.92 Å². The normalized spacial score (nSPS) is 11.5. The third kappa shape index (κ3) is 2.23. The van der Waals surface area contributed by atoms with Gasteiger partial charge in [0.15, 0.2) is 0 Å². The fourth-order valence-electron chi connectivity index (χ4n) is 3.01. The van der Waals surface area contributed by atoms with E-state index in [4.69, 9.17) is 4.74 Å². The molecule has 0 atom stereocenters. The Morgan fingerprint density at radius 1 is 1.32 bits per heavy atom. The Balaban J connectivity index is 2.84. The largest absolute Gasteiger partial charge is 0.497 e. The van der Waals surface area contributed by atoms with Crippen LogP contribution in [-0.2, 0) is 13.6 Å². The minimum Gasteiger partial charge on any atom is -0.497 e. The van der Waals surface area contributed by atoms with Gasteiger partial charge in [-0.2, -0.15) is 0 Å². The number of aryl methyl sites for hydroxylation is 2. The van der Waals surface area contributed by atoms with E-state index in [9.17, 15) is 0 Å². The van der Waals surface area contributed by atoms with Crippen molar-refractivity contribution >= 4 is 10.9 Å². The molecule has 2 aromatic rings. The maximum absolute atomic E-state index is 5.42. The van der Waals surface area contributed by atoms with Crippen molar-refractivity contribution in [1.82, 2.24) is 9.88 Å². The highest BCUT2D eigenvalue weighted by Crippen LogP contribution is 2.35. The number of nitrogens with zero attached hydrogens (tertiary/aromatic N) is 1. The number of aromatic nitrogens is 1. The number of nitrogens with one attached hydrogen (secondary N) is 1. The van der Waals surface area contributed by atoms with Crippen LogP contribution in [0.4, 0.5) is 0 Å². The lowest BCUT2D eigenvalue weighted by atomic mass is 9.98. The average Bonchev–Trinajstić information content (AvgIpc) is 2.63. The summed E-state index contributed by atoms with van der Waals surface area (Å²) in [6.07, 6.45) is 0. The van der Waals surface area contributed by atoms with Gasteiger partial charge < -0.3 is 14.6 Å². The molecular weight excluding hydrogens is 236 g/mol. The minimum atomic E-state index is 0.499. The quantitative estimate of drug-likeness (QED) is 0.912. The number of fused-ring (bicyclic) bond motifs is 1. The maximum atomic E-state index is 5.42. The van der Waals surface area contributed by atoms with Crippen molar-refractivity contribution in [2.45, 2.75) is 33.2 Å². The fraction of sp³-hybridized carbons (Fsp3) is 0.500. The van der Waals surface area contributed by atoms with Crippen molar-refractivity contribution in [3.8, 4) is 5.75 Å². The van der Waals surface area contributed by atoms with Crippen LogP contribution in [0.1, 0.15) is 36.6 Å². The second-order valence-electron chi connectivity index (χ2n) is 5.44. The molecule has 0 fully saturated rings. The van der Waals surface area contributed by atoms with E-state index in [2.05, 4.69) is 49.8 Å². The van der Waals surface area contributed by atoms with Crippen LogP contribution in [0.5, 0.6) is 5.75 Å². The van der Waals surface area contributed by atoms with Crippen LogP contribution in [0, 0.1) is 6.92 Å².